The van der Waals surface area contributed by atoms with Crippen molar-refractivity contribution < 1.29 is 40.7 Å². The van der Waals surface area contributed by atoms with E-state index < -0.39 is 47.2 Å². The lowest BCUT2D eigenvalue weighted by Gasteiger charge is -2.40. The number of carbonyl (C=O) groups excluding carboxylic acids is 2. The number of halogens is 6. The predicted molar refractivity (Wildman–Crippen MR) is 141 cm³/mol. The first-order chi connectivity index (χ1) is 18.3. The van der Waals surface area contributed by atoms with E-state index in [1.165, 1.54) is 17.8 Å². The molecular weight excluding hydrogens is 558 g/mol. The van der Waals surface area contributed by atoms with Gasteiger partial charge >= 0.3 is 18.3 Å². The lowest BCUT2D eigenvalue weighted by atomic mass is 9.74. The maximum absolute atomic E-state index is 13.7. The van der Waals surface area contributed by atoms with Gasteiger partial charge in [-0.2, -0.15) is 26.3 Å². The van der Waals surface area contributed by atoms with E-state index in [1.54, 1.807) is 13.8 Å². The molecule has 0 bridgehead atoms. The van der Waals surface area contributed by atoms with Crippen molar-refractivity contribution in [2.45, 2.75) is 107 Å². The van der Waals surface area contributed by atoms with Crippen LogP contribution in [-0.2, 0) is 27.0 Å². The minimum atomic E-state index is -5.05. The Hall–Kier alpha value is -1.95. The molecule has 2 atom stereocenters. The van der Waals surface area contributed by atoms with Gasteiger partial charge in [0.25, 0.3) is 0 Å². The summed E-state index contributed by atoms with van der Waals surface area (Å²) in [7, 11) is 0. The van der Waals surface area contributed by atoms with Gasteiger partial charge in [0.1, 0.15) is 0 Å². The van der Waals surface area contributed by atoms with Crippen LogP contribution in [0.25, 0.3) is 0 Å². The molecule has 2 aliphatic rings. The Balaban J connectivity index is 1.86. The fourth-order valence-corrected chi connectivity index (χ4v) is 6.75. The number of rotatable bonds is 7. The molecule has 1 aliphatic carbocycles. The molecule has 2 amide bonds. The number of ether oxygens (including phenoxy) is 1. The number of hydrogen-bond donors (Lipinski definition) is 1. The van der Waals surface area contributed by atoms with E-state index in [-0.39, 0.29) is 62.5 Å². The largest absolute Gasteiger partial charge is 0.471 e. The van der Waals surface area contributed by atoms with Crippen molar-refractivity contribution in [3.05, 3.63) is 29.3 Å². The molecule has 1 heterocycles. The van der Waals surface area contributed by atoms with Gasteiger partial charge in [-0.3, -0.25) is 9.59 Å². The summed E-state index contributed by atoms with van der Waals surface area (Å²) in [5, 5.41) is 2.80. The summed E-state index contributed by atoms with van der Waals surface area (Å²) in [5.74, 6) is -2.61. The molecule has 1 saturated heterocycles. The molecule has 1 aromatic carbocycles. The van der Waals surface area contributed by atoms with E-state index in [0.717, 1.165) is 17.0 Å². The molecule has 1 aromatic rings. The number of carbonyl (C=O) groups is 2. The molecule has 1 saturated carbocycles. The minimum Gasteiger partial charge on any atom is -0.381 e. The van der Waals surface area contributed by atoms with Crippen molar-refractivity contribution in [2.75, 3.05) is 13.2 Å². The quantitative estimate of drug-likeness (QED) is 0.273. The maximum atomic E-state index is 13.7. The number of benzene rings is 1. The Morgan fingerprint density at radius 3 is 2.20 bits per heavy atom. The van der Waals surface area contributed by atoms with Gasteiger partial charge in [0, 0.05) is 41.5 Å². The molecule has 1 N–H and O–H groups in total. The van der Waals surface area contributed by atoms with Gasteiger partial charge < -0.3 is 15.0 Å². The average molecular weight is 597 g/mol. The van der Waals surface area contributed by atoms with Gasteiger partial charge in [0.2, 0.25) is 5.91 Å². The molecule has 3 rings (SSSR count). The number of amides is 2. The number of nitrogens with one attached hydrogen (secondary N) is 1. The second-order valence-electron chi connectivity index (χ2n) is 12.0. The molecule has 0 spiro atoms. The lowest BCUT2D eigenvalue weighted by molar-refractivity contribution is -0.192. The van der Waals surface area contributed by atoms with Crippen molar-refractivity contribution >= 4 is 23.6 Å². The van der Waals surface area contributed by atoms with Crippen LogP contribution in [-0.4, -0.2) is 52.9 Å². The van der Waals surface area contributed by atoms with E-state index in [1.807, 2.05) is 20.8 Å². The summed E-state index contributed by atoms with van der Waals surface area (Å²) in [6, 6.07) is 2.02. The monoisotopic (exact) mass is 596 g/mol. The first-order valence-electron chi connectivity index (χ1n) is 13.5. The molecule has 0 aromatic heterocycles. The van der Waals surface area contributed by atoms with Crippen LogP contribution in [0.3, 0.4) is 0 Å². The van der Waals surface area contributed by atoms with Crippen LogP contribution < -0.4 is 5.32 Å². The highest BCUT2D eigenvalue weighted by Crippen LogP contribution is 2.48. The summed E-state index contributed by atoms with van der Waals surface area (Å²) >= 11 is 1.38. The van der Waals surface area contributed by atoms with E-state index in [2.05, 4.69) is 5.32 Å². The number of alkyl halides is 6. The highest BCUT2D eigenvalue weighted by molar-refractivity contribution is 8.00. The molecule has 226 valence electrons. The zero-order chi connectivity index (χ0) is 30.1. The molecule has 1 aliphatic heterocycles. The normalized spacial score (nSPS) is 22.9. The Morgan fingerprint density at radius 1 is 1.05 bits per heavy atom. The third-order valence-electron chi connectivity index (χ3n) is 7.78. The fourth-order valence-electron chi connectivity index (χ4n) is 5.69. The Kier molecular flexibility index (Phi) is 9.86. The minimum absolute atomic E-state index is 0.0435. The van der Waals surface area contributed by atoms with Crippen molar-refractivity contribution in [3.8, 4) is 0 Å². The zero-order valence-electron chi connectivity index (χ0n) is 23.5. The number of thioether (sulfide) groups is 1. The highest BCUT2D eigenvalue weighted by Gasteiger charge is 2.54. The average Bonchev–Trinajstić information content (AvgIpc) is 3.28. The van der Waals surface area contributed by atoms with Crippen molar-refractivity contribution in [1.29, 1.82) is 0 Å². The lowest BCUT2D eigenvalue weighted by Crippen LogP contribution is -2.54. The third-order valence-corrected chi connectivity index (χ3v) is 9.01. The predicted octanol–water partition coefficient (Wildman–Crippen LogP) is 6.98. The van der Waals surface area contributed by atoms with E-state index in [0.29, 0.717) is 10.5 Å². The Bertz CT molecular complexity index is 1060. The summed E-state index contributed by atoms with van der Waals surface area (Å²) in [6.45, 7) is 9.73. The molecule has 12 heteroatoms. The third kappa shape index (κ3) is 7.66. The zero-order valence-corrected chi connectivity index (χ0v) is 24.3. The smallest absolute Gasteiger partial charge is 0.381 e. The van der Waals surface area contributed by atoms with Crippen molar-refractivity contribution in [1.82, 2.24) is 10.2 Å². The van der Waals surface area contributed by atoms with Crippen LogP contribution in [0.1, 0.15) is 77.8 Å². The van der Waals surface area contributed by atoms with Crippen LogP contribution >= 0.6 is 11.8 Å². The second-order valence-corrected chi connectivity index (χ2v) is 13.8. The maximum Gasteiger partial charge on any atom is 0.471 e. The topological polar surface area (TPSA) is 58.6 Å². The van der Waals surface area contributed by atoms with E-state index >= 15 is 0 Å². The van der Waals surface area contributed by atoms with E-state index in [9.17, 15) is 35.9 Å². The first kappa shape index (κ1) is 32.6. The highest BCUT2D eigenvalue weighted by atomic mass is 32.2. The van der Waals surface area contributed by atoms with Gasteiger partial charge in [-0.05, 0) is 61.8 Å². The molecule has 5 nitrogen and oxygen atoms in total. The summed E-state index contributed by atoms with van der Waals surface area (Å²) < 4.78 is 86.2. The summed E-state index contributed by atoms with van der Waals surface area (Å²) in [5.41, 5.74) is -1.58. The molecular formula is C28H38F6N2O3S. The second kappa shape index (κ2) is 12.1. The number of hydrogen-bond acceptors (Lipinski definition) is 4. The van der Waals surface area contributed by atoms with Crippen LogP contribution in [0.2, 0.25) is 0 Å². The number of nitrogens with zero attached hydrogens (tertiary/aromatic N) is 1. The molecule has 0 unspecified atom stereocenters. The molecule has 40 heavy (non-hydrogen) atoms. The summed E-state index contributed by atoms with van der Waals surface area (Å²) in [4.78, 5) is 27.8. The van der Waals surface area contributed by atoms with Gasteiger partial charge in [-0.25, -0.2) is 0 Å². The van der Waals surface area contributed by atoms with Crippen LogP contribution in [0, 0.1) is 11.3 Å². The summed E-state index contributed by atoms with van der Waals surface area (Å²) in [6.07, 6.45) is -8.51. The van der Waals surface area contributed by atoms with Gasteiger partial charge in [0.15, 0.2) is 0 Å². The van der Waals surface area contributed by atoms with Gasteiger partial charge in [-0.15, -0.1) is 11.8 Å². The Labute approximate surface area is 235 Å². The van der Waals surface area contributed by atoms with Crippen molar-refractivity contribution in [2.24, 2.45) is 11.3 Å². The van der Waals surface area contributed by atoms with Gasteiger partial charge in [0.05, 0.1) is 11.0 Å². The molecule has 0 radical (unpaired) electrons. The van der Waals surface area contributed by atoms with E-state index in [4.69, 9.17) is 4.74 Å². The van der Waals surface area contributed by atoms with Crippen molar-refractivity contribution in [3.63, 3.8) is 0 Å². The van der Waals surface area contributed by atoms with Crippen LogP contribution in [0.4, 0.5) is 26.3 Å². The fraction of sp³-hybridized carbons (Fsp3) is 0.714. The first-order valence-corrected chi connectivity index (χ1v) is 14.3. The van der Waals surface area contributed by atoms with Crippen LogP contribution in [0.5, 0.6) is 0 Å². The SMILES string of the molecule is CC(C)[C@]1(C(=O)NCc2cc(C(F)(F)F)ccc2SC(C)(C)C)CC[C@@H](N(C(=O)C(F)(F)F)C2CCOCC2)C1. The standard InChI is InChI=1S/C28H38F6N2O3S/c1-17(2)26(11-8-21(15-26)36(24(38)28(32,33)34)20-9-12-39-13-10-20)23(37)35-16-18-14-19(27(29,30)31)6-7-22(18)40-25(3,4)5/h6-7,14,17,20-21H,8-13,15-16H2,1-5H3,(H,35,37)/t21-,26+/m1/s1. The molecule has 2 fully saturated rings. The van der Waals surface area contributed by atoms with Gasteiger partial charge in [-0.1, -0.05) is 34.6 Å². The van der Waals surface area contributed by atoms with Crippen LogP contribution in [0.15, 0.2) is 23.1 Å². The Morgan fingerprint density at radius 2 is 1.68 bits per heavy atom.